The van der Waals surface area contributed by atoms with Crippen molar-refractivity contribution in [2.75, 3.05) is 12.4 Å². The maximum absolute atomic E-state index is 12.9. The summed E-state index contributed by atoms with van der Waals surface area (Å²) < 4.78 is 4.66. The number of methoxy groups -OCH3 is 1. The molecule has 0 aromatic heterocycles. The number of carbonyl (C=O) groups is 4. The van der Waals surface area contributed by atoms with Crippen LogP contribution in [0.1, 0.15) is 58.4 Å². The van der Waals surface area contributed by atoms with Crippen molar-refractivity contribution in [3.05, 3.63) is 76.0 Å². The van der Waals surface area contributed by atoms with E-state index in [1.54, 1.807) is 48.5 Å². The summed E-state index contributed by atoms with van der Waals surface area (Å²) in [5.41, 5.74) is 2.32. The molecule has 1 heterocycles. The summed E-state index contributed by atoms with van der Waals surface area (Å²) in [5, 5.41) is 5.70. The van der Waals surface area contributed by atoms with Gasteiger partial charge in [0.15, 0.2) is 0 Å². The topological polar surface area (TPSA) is 105 Å². The third-order valence-electron chi connectivity index (χ3n) is 6.25. The molecule has 182 valence electrons. The number of amides is 3. The molecule has 2 aromatic rings. The number of halogens is 1. The van der Waals surface area contributed by atoms with Gasteiger partial charge < -0.3 is 15.4 Å². The molecule has 0 bridgehead atoms. The summed E-state index contributed by atoms with van der Waals surface area (Å²) in [6, 6.07) is 13.1. The Morgan fingerprint density at radius 2 is 1.57 bits per heavy atom. The number of ether oxygens (including phenoxy) is 1. The van der Waals surface area contributed by atoms with Crippen LogP contribution < -0.4 is 10.6 Å². The highest BCUT2D eigenvalue weighted by Gasteiger charge is 2.41. The summed E-state index contributed by atoms with van der Waals surface area (Å²) >= 11 is 6.21. The second-order valence-electron chi connectivity index (χ2n) is 8.53. The monoisotopic (exact) mass is 495 g/mol. The summed E-state index contributed by atoms with van der Waals surface area (Å²) in [4.78, 5) is 50.8. The van der Waals surface area contributed by atoms with Crippen LogP contribution in [0, 0.1) is 0 Å². The molecule has 1 saturated carbocycles. The number of hydrogen-bond donors (Lipinski definition) is 2. The number of nitrogens with one attached hydrogen (secondary N) is 2. The van der Waals surface area contributed by atoms with Crippen molar-refractivity contribution >= 4 is 41.0 Å². The van der Waals surface area contributed by atoms with E-state index in [4.69, 9.17) is 11.6 Å². The minimum Gasteiger partial charge on any atom is -0.465 e. The molecule has 0 spiro atoms. The van der Waals surface area contributed by atoms with Gasteiger partial charge in [-0.2, -0.15) is 0 Å². The number of esters is 1. The third kappa shape index (κ3) is 5.38. The second-order valence-corrected chi connectivity index (χ2v) is 8.91. The number of hydrogen-bond acceptors (Lipinski definition) is 6. The van der Waals surface area contributed by atoms with E-state index in [2.05, 4.69) is 15.4 Å². The fourth-order valence-electron chi connectivity index (χ4n) is 4.32. The molecule has 4 rings (SSSR count). The van der Waals surface area contributed by atoms with Gasteiger partial charge in [-0.15, -0.1) is 0 Å². The van der Waals surface area contributed by atoms with Gasteiger partial charge in [-0.05, 0) is 54.8 Å². The molecule has 0 saturated heterocycles. The van der Waals surface area contributed by atoms with Gasteiger partial charge in [0.1, 0.15) is 10.7 Å². The number of carbonyl (C=O) groups excluding carboxylic acids is 4. The maximum Gasteiger partial charge on any atom is 0.337 e. The lowest BCUT2D eigenvalue weighted by Crippen LogP contribution is -2.43. The molecule has 1 fully saturated rings. The number of anilines is 1. The van der Waals surface area contributed by atoms with Gasteiger partial charge in [-0.25, -0.2) is 4.79 Å². The van der Waals surface area contributed by atoms with Gasteiger partial charge >= 0.3 is 5.97 Å². The molecule has 2 aliphatic rings. The predicted molar refractivity (Wildman–Crippen MR) is 131 cm³/mol. The molecule has 0 radical (unpaired) electrons. The van der Waals surface area contributed by atoms with Crippen molar-refractivity contribution in [3.8, 4) is 0 Å². The molecule has 1 aliphatic heterocycles. The van der Waals surface area contributed by atoms with Crippen LogP contribution in [0.5, 0.6) is 0 Å². The van der Waals surface area contributed by atoms with E-state index < -0.39 is 11.9 Å². The fraction of sp³-hybridized carbons (Fsp3) is 0.308. The van der Waals surface area contributed by atoms with Crippen molar-refractivity contribution in [2.24, 2.45) is 0 Å². The Morgan fingerprint density at radius 1 is 0.943 bits per heavy atom. The standard InChI is InChI=1S/C26H26ClN3O5/c1-35-26(34)18-11-13-19(14-12-18)29-23(31)17-9-7-16(8-10-17)15-28-22-21(27)24(32)30(25(22)33)20-5-3-2-4-6-20/h7-14,20,28H,2-6,15H2,1H3,(H,29,31). The Bertz CT molecular complexity index is 1170. The van der Waals surface area contributed by atoms with Crippen LogP contribution in [0.15, 0.2) is 59.3 Å². The van der Waals surface area contributed by atoms with Gasteiger partial charge in [-0.3, -0.25) is 19.3 Å². The lowest BCUT2D eigenvalue weighted by atomic mass is 9.94. The third-order valence-corrected chi connectivity index (χ3v) is 6.60. The quantitative estimate of drug-likeness (QED) is 0.445. The molecule has 2 aromatic carbocycles. The zero-order valence-electron chi connectivity index (χ0n) is 19.3. The Kier molecular flexibility index (Phi) is 7.51. The van der Waals surface area contributed by atoms with Gasteiger partial charge in [0.25, 0.3) is 17.7 Å². The maximum atomic E-state index is 12.9. The largest absolute Gasteiger partial charge is 0.465 e. The molecule has 0 atom stereocenters. The van der Waals surface area contributed by atoms with Crippen molar-refractivity contribution < 1.29 is 23.9 Å². The first kappa shape index (κ1) is 24.5. The number of benzene rings is 2. The first-order valence-corrected chi connectivity index (χ1v) is 11.9. The summed E-state index contributed by atoms with van der Waals surface area (Å²) in [7, 11) is 1.31. The molecular formula is C26H26ClN3O5. The van der Waals surface area contributed by atoms with Crippen LogP contribution in [0.25, 0.3) is 0 Å². The van der Waals surface area contributed by atoms with Crippen LogP contribution in [-0.2, 0) is 20.9 Å². The first-order chi connectivity index (χ1) is 16.9. The fourth-order valence-corrected chi connectivity index (χ4v) is 4.56. The molecule has 8 nitrogen and oxygen atoms in total. The Hall–Kier alpha value is -3.65. The van der Waals surface area contributed by atoms with E-state index in [1.165, 1.54) is 12.0 Å². The first-order valence-electron chi connectivity index (χ1n) is 11.5. The van der Waals surface area contributed by atoms with E-state index in [0.717, 1.165) is 37.7 Å². The lowest BCUT2D eigenvalue weighted by molar-refractivity contribution is -0.140. The van der Waals surface area contributed by atoms with E-state index in [-0.39, 0.29) is 35.1 Å². The van der Waals surface area contributed by atoms with Gasteiger partial charge in [-0.1, -0.05) is 43.0 Å². The van der Waals surface area contributed by atoms with E-state index in [9.17, 15) is 19.2 Å². The highest BCUT2D eigenvalue weighted by atomic mass is 35.5. The van der Waals surface area contributed by atoms with Crippen molar-refractivity contribution in [1.29, 1.82) is 0 Å². The highest BCUT2D eigenvalue weighted by molar-refractivity contribution is 6.47. The lowest BCUT2D eigenvalue weighted by Gasteiger charge is -2.29. The number of nitrogens with zero attached hydrogens (tertiary/aromatic N) is 1. The van der Waals surface area contributed by atoms with E-state index >= 15 is 0 Å². The molecule has 3 amide bonds. The summed E-state index contributed by atoms with van der Waals surface area (Å²) in [5.74, 6) is -1.56. The van der Waals surface area contributed by atoms with Crippen molar-refractivity contribution in [3.63, 3.8) is 0 Å². The predicted octanol–water partition coefficient (Wildman–Crippen LogP) is 3.97. The van der Waals surface area contributed by atoms with Gasteiger partial charge in [0.05, 0.1) is 12.7 Å². The summed E-state index contributed by atoms with van der Waals surface area (Å²) in [6.45, 7) is 0.278. The molecule has 2 N–H and O–H groups in total. The minimum atomic E-state index is -0.450. The van der Waals surface area contributed by atoms with Crippen LogP contribution in [0.2, 0.25) is 0 Å². The summed E-state index contributed by atoms with van der Waals surface area (Å²) in [6.07, 6.45) is 4.75. The zero-order valence-corrected chi connectivity index (χ0v) is 20.1. The van der Waals surface area contributed by atoms with Crippen LogP contribution in [0.3, 0.4) is 0 Å². The number of rotatable bonds is 7. The zero-order chi connectivity index (χ0) is 24.9. The van der Waals surface area contributed by atoms with Crippen LogP contribution >= 0.6 is 11.6 Å². The van der Waals surface area contributed by atoms with Crippen molar-refractivity contribution in [2.45, 2.75) is 44.7 Å². The Balaban J connectivity index is 1.34. The minimum absolute atomic E-state index is 0.0743. The smallest absolute Gasteiger partial charge is 0.337 e. The SMILES string of the molecule is COC(=O)c1ccc(NC(=O)c2ccc(CNC3=C(Cl)C(=O)N(C4CCCCC4)C3=O)cc2)cc1. The highest BCUT2D eigenvalue weighted by Crippen LogP contribution is 2.30. The van der Waals surface area contributed by atoms with E-state index in [1.807, 2.05) is 0 Å². The van der Waals surface area contributed by atoms with Gasteiger partial charge in [0.2, 0.25) is 0 Å². The molecule has 1 aliphatic carbocycles. The van der Waals surface area contributed by atoms with Crippen molar-refractivity contribution in [1.82, 2.24) is 10.2 Å². The Morgan fingerprint density at radius 3 is 2.20 bits per heavy atom. The Labute approximate surface area is 208 Å². The second kappa shape index (κ2) is 10.7. The van der Waals surface area contributed by atoms with Crippen LogP contribution in [-0.4, -0.2) is 41.7 Å². The van der Waals surface area contributed by atoms with E-state index in [0.29, 0.717) is 16.8 Å². The van der Waals surface area contributed by atoms with Crippen LogP contribution in [0.4, 0.5) is 5.69 Å². The molecule has 35 heavy (non-hydrogen) atoms. The number of imide groups is 1. The molecule has 9 heteroatoms. The average molecular weight is 496 g/mol. The normalized spacial score (nSPS) is 16.5. The molecular weight excluding hydrogens is 470 g/mol. The molecule has 0 unspecified atom stereocenters. The average Bonchev–Trinajstić information content (AvgIpc) is 3.10. The van der Waals surface area contributed by atoms with Gasteiger partial charge in [0, 0.05) is 23.8 Å².